The van der Waals surface area contributed by atoms with Crippen LogP contribution in [0, 0.1) is 0 Å². The minimum atomic E-state index is -4.15. The van der Waals surface area contributed by atoms with Crippen LogP contribution in [-0.4, -0.2) is 44.1 Å². The molecule has 148 valence electrons. The maximum Gasteiger partial charge on any atom is 0.294 e. The van der Waals surface area contributed by atoms with Gasteiger partial charge < -0.3 is 4.74 Å². The Morgan fingerprint density at radius 1 is 0.852 bits per heavy atom. The first-order valence-electron chi connectivity index (χ1n) is 9.05. The second-order valence-electron chi connectivity index (χ2n) is 6.63. The first-order valence-corrected chi connectivity index (χ1v) is 10.5. The van der Waals surface area contributed by atoms with Gasteiger partial charge in [-0.15, -0.1) is 12.4 Å². The number of nitrogens with zero attached hydrogens (tertiary/aromatic N) is 1. The molecule has 1 aliphatic heterocycles. The number of benzene rings is 2. The Kier molecular flexibility index (Phi) is 8.10. The number of halogens is 1. The molecule has 1 saturated heterocycles. The Labute approximate surface area is 167 Å². The average Bonchev–Trinajstić information content (AvgIpc) is 2.91. The number of ether oxygens (including phenoxy) is 1. The Balaban J connectivity index is 0.00000261. The topological polar surface area (TPSA) is 66.8 Å². The maximum absolute atomic E-state index is 11.1. The van der Waals surface area contributed by atoms with Crippen LogP contribution in [-0.2, 0) is 10.1 Å². The maximum atomic E-state index is 11.1. The Morgan fingerprint density at radius 2 is 1.37 bits per heavy atom. The largest absolute Gasteiger partial charge is 0.492 e. The molecule has 7 heteroatoms. The SMILES string of the molecule is Cl.O=S(=O)(O)c1ccc(-c2ccc(OCCN3CCCCCC3)cc2)cc1. The van der Waals surface area contributed by atoms with Crippen LogP contribution in [0.2, 0.25) is 0 Å². The monoisotopic (exact) mass is 411 g/mol. The van der Waals surface area contributed by atoms with Gasteiger partial charge in [-0.2, -0.15) is 8.42 Å². The zero-order valence-electron chi connectivity index (χ0n) is 15.2. The van der Waals surface area contributed by atoms with Crippen molar-refractivity contribution in [3.05, 3.63) is 48.5 Å². The summed E-state index contributed by atoms with van der Waals surface area (Å²) in [4.78, 5) is 2.37. The smallest absolute Gasteiger partial charge is 0.294 e. The molecule has 0 unspecified atom stereocenters. The minimum Gasteiger partial charge on any atom is -0.492 e. The van der Waals surface area contributed by atoms with Crippen molar-refractivity contribution in [2.75, 3.05) is 26.2 Å². The number of hydrogen-bond acceptors (Lipinski definition) is 4. The van der Waals surface area contributed by atoms with Crippen LogP contribution in [0.3, 0.4) is 0 Å². The highest BCUT2D eigenvalue weighted by Gasteiger charge is 2.10. The molecule has 0 aliphatic carbocycles. The van der Waals surface area contributed by atoms with E-state index in [1.54, 1.807) is 12.1 Å². The highest BCUT2D eigenvalue weighted by atomic mass is 35.5. The summed E-state index contributed by atoms with van der Waals surface area (Å²) in [7, 11) is -4.15. The quantitative estimate of drug-likeness (QED) is 0.718. The highest BCUT2D eigenvalue weighted by Crippen LogP contribution is 2.24. The lowest BCUT2D eigenvalue weighted by atomic mass is 10.1. The summed E-state index contributed by atoms with van der Waals surface area (Å²) in [5, 5.41) is 0. The predicted octanol–water partition coefficient (Wildman–Crippen LogP) is 4.28. The van der Waals surface area contributed by atoms with Gasteiger partial charge in [0, 0.05) is 6.54 Å². The Hall–Kier alpha value is -1.60. The first kappa shape index (κ1) is 21.7. The standard InChI is InChI=1S/C20H25NO4S.ClH/c22-26(23,24)20-11-7-18(8-12-20)17-5-9-19(10-6-17)25-16-15-21-13-3-1-2-4-14-21;/h5-12H,1-4,13-16H2,(H,22,23,24);1H. The van der Waals surface area contributed by atoms with Crippen LogP contribution in [0.5, 0.6) is 5.75 Å². The van der Waals surface area contributed by atoms with Gasteiger partial charge in [0.15, 0.2) is 0 Å². The summed E-state index contributed by atoms with van der Waals surface area (Å²) in [5.74, 6) is 0.832. The van der Waals surface area contributed by atoms with Crippen molar-refractivity contribution in [3.63, 3.8) is 0 Å². The van der Waals surface area contributed by atoms with Gasteiger partial charge in [-0.1, -0.05) is 37.1 Å². The lowest BCUT2D eigenvalue weighted by Crippen LogP contribution is -2.29. The summed E-state index contributed by atoms with van der Waals surface area (Å²) >= 11 is 0. The molecule has 27 heavy (non-hydrogen) atoms. The predicted molar refractivity (Wildman–Crippen MR) is 109 cm³/mol. The van der Waals surface area contributed by atoms with Gasteiger partial charge in [0.25, 0.3) is 10.1 Å². The molecule has 1 N–H and O–H groups in total. The minimum absolute atomic E-state index is 0. The van der Waals surface area contributed by atoms with Crippen molar-refractivity contribution in [1.82, 2.24) is 4.90 Å². The molecule has 0 atom stereocenters. The summed E-state index contributed by atoms with van der Waals surface area (Å²) in [5.41, 5.74) is 1.85. The molecule has 2 aromatic carbocycles. The van der Waals surface area contributed by atoms with Gasteiger partial charge in [-0.05, 0) is 61.3 Å². The lowest BCUT2D eigenvalue weighted by Gasteiger charge is -2.19. The van der Waals surface area contributed by atoms with E-state index in [2.05, 4.69) is 4.90 Å². The molecular weight excluding hydrogens is 386 g/mol. The van der Waals surface area contributed by atoms with Gasteiger partial charge >= 0.3 is 0 Å². The van der Waals surface area contributed by atoms with Gasteiger partial charge in [-0.25, -0.2) is 0 Å². The van der Waals surface area contributed by atoms with Gasteiger partial charge in [-0.3, -0.25) is 9.45 Å². The van der Waals surface area contributed by atoms with E-state index < -0.39 is 10.1 Å². The van der Waals surface area contributed by atoms with Crippen molar-refractivity contribution in [2.24, 2.45) is 0 Å². The molecule has 1 aliphatic rings. The van der Waals surface area contributed by atoms with Crippen molar-refractivity contribution in [2.45, 2.75) is 30.6 Å². The van der Waals surface area contributed by atoms with E-state index >= 15 is 0 Å². The van der Waals surface area contributed by atoms with Crippen LogP contribution in [0.25, 0.3) is 11.1 Å². The molecule has 0 bridgehead atoms. The van der Waals surface area contributed by atoms with Crippen molar-refractivity contribution >= 4 is 22.5 Å². The average molecular weight is 412 g/mol. The molecule has 0 amide bonds. The molecule has 5 nitrogen and oxygen atoms in total. The van der Waals surface area contributed by atoms with Crippen molar-refractivity contribution in [3.8, 4) is 16.9 Å². The molecule has 1 fully saturated rings. The van der Waals surface area contributed by atoms with Crippen LogP contribution in [0.4, 0.5) is 0 Å². The van der Waals surface area contributed by atoms with Gasteiger partial charge in [0.2, 0.25) is 0 Å². The van der Waals surface area contributed by atoms with Crippen LogP contribution in [0.15, 0.2) is 53.4 Å². The zero-order valence-corrected chi connectivity index (χ0v) is 16.8. The summed E-state index contributed by atoms with van der Waals surface area (Å²) in [6.07, 6.45) is 5.24. The van der Waals surface area contributed by atoms with E-state index in [4.69, 9.17) is 9.29 Å². The van der Waals surface area contributed by atoms with Gasteiger partial charge in [0.05, 0.1) is 4.90 Å². The second kappa shape index (κ2) is 10.1. The fraction of sp³-hybridized carbons (Fsp3) is 0.400. The van der Waals surface area contributed by atoms with Crippen LogP contribution < -0.4 is 4.74 Å². The molecule has 0 spiro atoms. The Morgan fingerprint density at radius 3 is 1.89 bits per heavy atom. The number of likely N-dealkylation sites (tertiary alicyclic amines) is 1. The molecule has 0 aromatic heterocycles. The molecule has 0 saturated carbocycles. The third-order valence-corrected chi connectivity index (χ3v) is 5.58. The lowest BCUT2D eigenvalue weighted by molar-refractivity contribution is 0.214. The zero-order chi connectivity index (χ0) is 18.4. The highest BCUT2D eigenvalue weighted by molar-refractivity contribution is 7.85. The van der Waals surface area contributed by atoms with Crippen molar-refractivity contribution in [1.29, 1.82) is 0 Å². The molecular formula is C20H26ClNO4S. The van der Waals surface area contributed by atoms with E-state index in [1.165, 1.54) is 50.9 Å². The second-order valence-corrected chi connectivity index (χ2v) is 8.05. The van der Waals surface area contributed by atoms with Crippen molar-refractivity contribution < 1.29 is 17.7 Å². The van der Waals surface area contributed by atoms with Crippen LogP contribution >= 0.6 is 12.4 Å². The fourth-order valence-electron chi connectivity index (χ4n) is 3.22. The van der Waals surface area contributed by atoms with Crippen LogP contribution in [0.1, 0.15) is 25.7 Å². The summed E-state index contributed by atoms with van der Waals surface area (Å²) < 4.78 is 37.1. The molecule has 1 heterocycles. The fourth-order valence-corrected chi connectivity index (χ4v) is 3.70. The van der Waals surface area contributed by atoms with E-state index in [9.17, 15) is 8.42 Å². The number of rotatable bonds is 6. The molecule has 0 radical (unpaired) electrons. The molecule has 2 aromatic rings. The van der Waals surface area contributed by atoms with E-state index in [0.29, 0.717) is 6.61 Å². The normalized spacial score (nSPS) is 15.6. The summed E-state index contributed by atoms with van der Waals surface area (Å²) in [6, 6.07) is 13.9. The number of hydrogen-bond donors (Lipinski definition) is 1. The van der Waals surface area contributed by atoms with E-state index in [-0.39, 0.29) is 17.3 Å². The Bertz CT molecular complexity index is 799. The third-order valence-electron chi connectivity index (χ3n) is 4.71. The first-order chi connectivity index (χ1) is 12.5. The third kappa shape index (κ3) is 6.50. The summed E-state index contributed by atoms with van der Waals surface area (Å²) in [6.45, 7) is 3.98. The van der Waals surface area contributed by atoms with Gasteiger partial charge in [0.1, 0.15) is 12.4 Å². The molecule has 3 rings (SSSR count). The van der Waals surface area contributed by atoms with E-state index in [1.807, 2.05) is 24.3 Å². The van der Waals surface area contributed by atoms with E-state index in [0.717, 1.165) is 23.4 Å².